The molecule has 0 saturated carbocycles. The summed E-state index contributed by atoms with van der Waals surface area (Å²) in [7, 11) is 0.768. The molecule has 2 amide bonds. The Bertz CT molecular complexity index is 1050. The van der Waals surface area contributed by atoms with E-state index in [1.165, 1.54) is 49.3 Å². The van der Waals surface area contributed by atoms with Crippen LogP contribution in [0.5, 0.6) is 5.75 Å². The summed E-state index contributed by atoms with van der Waals surface area (Å²) in [5.41, 5.74) is -1.01. The first-order valence-corrected chi connectivity index (χ1v) is 10.7. The topological polar surface area (TPSA) is 105 Å². The average Bonchev–Trinajstić information content (AvgIpc) is 2.66. The van der Waals surface area contributed by atoms with Crippen LogP contribution in [0, 0.1) is 5.82 Å². The Hall–Kier alpha value is -2.98. The zero-order valence-electron chi connectivity index (χ0n) is 17.3. The van der Waals surface area contributed by atoms with Gasteiger partial charge < -0.3 is 15.0 Å². The summed E-state index contributed by atoms with van der Waals surface area (Å²) in [6, 6.07) is 9.38. The van der Waals surface area contributed by atoms with Crippen LogP contribution in [0.4, 0.5) is 10.1 Å². The predicted octanol–water partition coefficient (Wildman–Crippen LogP) is 1.94. The van der Waals surface area contributed by atoms with Gasteiger partial charge in [0.2, 0.25) is 15.9 Å². The molecule has 0 radical (unpaired) electrons. The van der Waals surface area contributed by atoms with Crippen LogP contribution in [0.25, 0.3) is 0 Å². The lowest BCUT2D eigenvalue weighted by molar-refractivity contribution is -0.121. The lowest BCUT2D eigenvalue weighted by Crippen LogP contribution is -2.51. The maximum atomic E-state index is 13.3. The molecule has 8 nitrogen and oxygen atoms in total. The molecule has 162 valence electrons. The van der Waals surface area contributed by atoms with Crippen molar-refractivity contribution in [3.63, 3.8) is 0 Å². The molecule has 0 unspecified atom stereocenters. The second-order valence-corrected chi connectivity index (χ2v) is 8.82. The quantitative estimate of drug-likeness (QED) is 0.689. The monoisotopic (exact) mass is 437 g/mol. The van der Waals surface area contributed by atoms with E-state index in [1.807, 2.05) is 0 Å². The minimum absolute atomic E-state index is 0.222. The molecule has 1 atom stereocenters. The highest BCUT2D eigenvalue weighted by Crippen LogP contribution is 2.27. The molecule has 0 aliphatic rings. The number of sulfonamides is 1. The van der Waals surface area contributed by atoms with Gasteiger partial charge in [-0.2, -0.15) is 4.72 Å². The summed E-state index contributed by atoms with van der Waals surface area (Å²) in [5.74, 6) is -1.25. The molecular weight excluding hydrogens is 413 g/mol. The van der Waals surface area contributed by atoms with Gasteiger partial charge in [0.25, 0.3) is 5.91 Å². The number of hydrogen-bond donors (Lipinski definition) is 2. The number of benzene rings is 2. The summed E-state index contributed by atoms with van der Waals surface area (Å²) in [5, 5.41) is 2.62. The van der Waals surface area contributed by atoms with E-state index < -0.39 is 27.3 Å². The van der Waals surface area contributed by atoms with Gasteiger partial charge in [-0.3, -0.25) is 9.59 Å². The van der Waals surface area contributed by atoms with Crippen molar-refractivity contribution in [1.29, 1.82) is 0 Å². The average molecular weight is 437 g/mol. The Morgan fingerprint density at radius 2 is 1.70 bits per heavy atom. The summed E-state index contributed by atoms with van der Waals surface area (Å²) < 4.78 is 44.7. The molecule has 10 heteroatoms. The molecule has 0 fully saturated rings. The molecule has 2 aromatic rings. The van der Waals surface area contributed by atoms with Crippen LogP contribution < -0.4 is 14.8 Å². The molecule has 0 aliphatic heterocycles. The first kappa shape index (κ1) is 23.3. The molecule has 2 aromatic carbocycles. The second kappa shape index (κ2) is 8.80. The van der Waals surface area contributed by atoms with E-state index in [-0.39, 0.29) is 22.7 Å². The number of nitrogens with one attached hydrogen (secondary N) is 2. The van der Waals surface area contributed by atoms with Crippen molar-refractivity contribution in [3.05, 3.63) is 59.4 Å². The summed E-state index contributed by atoms with van der Waals surface area (Å²) in [4.78, 5) is 26.9. The van der Waals surface area contributed by atoms with Crippen molar-refractivity contribution >= 4 is 27.5 Å². The number of nitrogens with zero attached hydrogens (tertiary/aromatic N) is 1. The third-order valence-electron chi connectivity index (χ3n) is 4.36. The van der Waals surface area contributed by atoms with Gasteiger partial charge in [-0.15, -0.1) is 0 Å². The standard InChI is InChI=1S/C20H24FN3O5S/c1-20(23-30(5,27)28,13-6-8-14(21)9-7-13)19(26)22-15-10-11-17(29-4)16(12-15)18(25)24(2)3/h6-12,23H,1-5H3,(H,22,26)/t20-/m0/s1. The number of amides is 2. The Balaban J connectivity index is 2.46. The van der Waals surface area contributed by atoms with Gasteiger partial charge >= 0.3 is 0 Å². The highest BCUT2D eigenvalue weighted by molar-refractivity contribution is 7.88. The number of ether oxygens (including phenoxy) is 1. The van der Waals surface area contributed by atoms with Crippen molar-refractivity contribution in [3.8, 4) is 5.75 Å². The Morgan fingerprint density at radius 3 is 2.20 bits per heavy atom. The van der Waals surface area contributed by atoms with Crippen molar-refractivity contribution in [2.75, 3.05) is 32.8 Å². The molecule has 2 N–H and O–H groups in total. The van der Waals surface area contributed by atoms with Crippen LogP contribution in [-0.2, 0) is 20.4 Å². The normalized spacial score (nSPS) is 13.3. The number of rotatable bonds is 7. The van der Waals surface area contributed by atoms with Crippen LogP contribution >= 0.6 is 0 Å². The lowest BCUT2D eigenvalue weighted by atomic mass is 9.92. The molecule has 0 heterocycles. The SMILES string of the molecule is COc1ccc(NC(=O)[C@@](C)(NS(C)(=O)=O)c2ccc(F)cc2)cc1C(=O)N(C)C. The molecule has 0 spiro atoms. The fourth-order valence-electron chi connectivity index (χ4n) is 2.84. The van der Waals surface area contributed by atoms with E-state index in [2.05, 4.69) is 10.0 Å². The lowest BCUT2D eigenvalue weighted by Gasteiger charge is -2.29. The zero-order chi connectivity index (χ0) is 22.7. The molecule has 0 aromatic heterocycles. The van der Waals surface area contributed by atoms with E-state index in [4.69, 9.17) is 4.74 Å². The Kier molecular flexibility index (Phi) is 6.84. The van der Waals surface area contributed by atoms with E-state index >= 15 is 0 Å². The third kappa shape index (κ3) is 5.33. The fraction of sp³-hybridized carbons (Fsp3) is 0.300. The van der Waals surface area contributed by atoms with Crippen LogP contribution in [0.15, 0.2) is 42.5 Å². The van der Waals surface area contributed by atoms with E-state index in [9.17, 15) is 22.4 Å². The van der Waals surface area contributed by atoms with Gasteiger partial charge in [-0.1, -0.05) is 12.1 Å². The predicted molar refractivity (Wildman–Crippen MR) is 111 cm³/mol. The highest BCUT2D eigenvalue weighted by Gasteiger charge is 2.38. The van der Waals surface area contributed by atoms with Crippen molar-refractivity contribution in [1.82, 2.24) is 9.62 Å². The number of carbonyl (C=O) groups is 2. The zero-order valence-corrected chi connectivity index (χ0v) is 18.1. The van der Waals surface area contributed by atoms with Crippen LogP contribution in [0.1, 0.15) is 22.8 Å². The Morgan fingerprint density at radius 1 is 1.10 bits per heavy atom. The van der Waals surface area contributed by atoms with Crippen LogP contribution in [-0.4, -0.2) is 52.6 Å². The number of halogens is 1. The summed E-state index contributed by atoms with van der Waals surface area (Å²) >= 11 is 0. The minimum atomic E-state index is -3.81. The number of hydrogen-bond acceptors (Lipinski definition) is 5. The second-order valence-electron chi connectivity index (χ2n) is 7.07. The first-order chi connectivity index (χ1) is 13.9. The van der Waals surface area contributed by atoms with Gasteiger partial charge in [0, 0.05) is 19.8 Å². The van der Waals surface area contributed by atoms with Crippen LogP contribution in [0.3, 0.4) is 0 Å². The maximum absolute atomic E-state index is 13.3. The summed E-state index contributed by atoms with van der Waals surface area (Å²) in [6.07, 6.45) is 0.920. The van der Waals surface area contributed by atoms with Crippen molar-refractivity contribution in [2.24, 2.45) is 0 Å². The number of anilines is 1. The van der Waals surface area contributed by atoms with Gasteiger partial charge in [-0.25, -0.2) is 12.8 Å². The van der Waals surface area contributed by atoms with Crippen molar-refractivity contribution < 1.29 is 27.1 Å². The fourth-order valence-corrected chi connectivity index (χ4v) is 3.79. The first-order valence-electron chi connectivity index (χ1n) is 8.83. The molecule has 2 rings (SSSR count). The van der Waals surface area contributed by atoms with E-state index in [0.717, 1.165) is 18.4 Å². The molecule has 0 aliphatic carbocycles. The van der Waals surface area contributed by atoms with Crippen LogP contribution in [0.2, 0.25) is 0 Å². The number of carbonyl (C=O) groups excluding carboxylic acids is 2. The maximum Gasteiger partial charge on any atom is 0.257 e. The highest BCUT2D eigenvalue weighted by atomic mass is 32.2. The van der Waals surface area contributed by atoms with E-state index in [0.29, 0.717) is 5.75 Å². The molecular formula is C20H24FN3O5S. The third-order valence-corrected chi connectivity index (χ3v) is 5.14. The summed E-state index contributed by atoms with van der Waals surface area (Å²) in [6.45, 7) is 1.37. The van der Waals surface area contributed by atoms with E-state index in [1.54, 1.807) is 14.1 Å². The molecule has 30 heavy (non-hydrogen) atoms. The molecule has 0 saturated heterocycles. The minimum Gasteiger partial charge on any atom is -0.496 e. The van der Waals surface area contributed by atoms with Gasteiger partial charge in [-0.05, 0) is 42.8 Å². The number of methoxy groups -OCH3 is 1. The van der Waals surface area contributed by atoms with Gasteiger partial charge in [0.1, 0.15) is 17.1 Å². The largest absolute Gasteiger partial charge is 0.496 e. The Labute approximate surface area is 175 Å². The molecule has 0 bridgehead atoms. The van der Waals surface area contributed by atoms with Crippen molar-refractivity contribution in [2.45, 2.75) is 12.5 Å². The van der Waals surface area contributed by atoms with Gasteiger partial charge in [0.15, 0.2) is 0 Å². The smallest absolute Gasteiger partial charge is 0.257 e. The van der Waals surface area contributed by atoms with Gasteiger partial charge in [0.05, 0.1) is 18.9 Å².